The number of nitrogens with zero attached hydrogens (tertiary/aromatic N) is 1. The van der Waals surface area contributed by atoms with Gasteiger partial charge in [-0.25, -0.2) is 4.79 Å². The summed E-state index contributed by atoms with van der Waals surface area (Å²) < 4.78 is 6.08. The van der Waals surface area contributed by atoms with Gasteiger partial charge in [0.25, 0.3) is 0 Å². The molecule has 116 valence electrons. The number of benzene rings is 1. The van der Waals surface area contributed by atoms with E-state index < -0.39 is 0 Å². The number of likely N-dealkylation sites (N-methyl/N-ethyl adjacent to an activating group) is 1. The van der Waals surface area contributed by atoms with Gasteiger partial charge in [-0.15, -0.1) is 11.3 Å². The van der Waals surface area contributed by atoms with Crippen LogP contribution in [0.4, 0.5) is 0 Å². The molecule has 0 N–H and O–H groups in total. The predicted molar refractivity (Wildman–Crippen MR) is 92.5 cm³/mol. The lowest BCUT2D eigenvalue weighted by Gasteiger charge is -2.13. The summed E-state index contributed by atoms with van der Waals surface area (Å²) in [5, 5.41) is 2.05. The van der Waals surface area contributed by atoms with Crippen molar-refractivity contribution in [2.75, 3.05) is 20.2 Å². The molecule has 0 aliphatic carbocycles. The normalized spacial score (nSPS) is 15.4. The fraction of sp³-hybridized carbons (Fsp3) is 0.353. The van der Waals surface area contributed by atoms with Gasteiger partial charge in [0.1, 0.15) is 0 Å². The fourth-order valence-corrected chi connectivity index (χ4v) is 4.26. The maximum atomic E-state index is 11.6. The van der Waals surface area contributed by atoms with E-state index in [2.05, 4.69) is 18.0 Å². The number of carbonyl (C=O) groups is 1. The minimum atomic E-state index is -0.305. The van der Waals surface area contributed by atoms with Gasteiger partial charge < -0.3 is 9.64 Å². The monoisotopic (exact) mass is 335 g/mol. The minimum absolute atomic E-state index is 0.305. The smallest absolute Gasteiger partial charge is 0.330 e. The summed E-state index contributed by atoms with van der Waals surface area (Å²) in [4.78, 5) is 15.0. The number of hydrogen-bond acceptors (Lipinski definition) is 4. The van der Waals surface area contributed by atoms with E-state index in [1.807, 2.05) is 12.1 Å². The molecule has 2 heterocycles. The Morgan fingerprint density at radius 1 is 1.50 bits per heavy atom. The number of rotatable bonds is 3. The fourth-order valence-electron chi connectivity index (χ4n) is 2.82. The molecule has 0 unspecified atom stereocenters. The van der Waals surface area contributed by atoms with Gasteiger partial charge in [-0.3, -0.25) is 0 Å². The Bertz CT molecular complexity index is 751. The van der Waals surface area contributed by atoms with Crippen LogP contribution in [0.15, 0.2) is 18.2 Å². The molecular weight excluding hydrogens is 318 g/mol. The van der Waals surface area contributed by atoms with E-state index in [0.29, 0.717) is 6.61 Å². The number of hydrogen-bond donors (Lipinski definition) is 0. The highest BCUT2D eigenvalue weighted by Crippen LogP contribution is 2.40. The van der Waals surface area contributed by atoms with Crippen LogP contribution in [0.3, 0.4) is 0 Å². The highest BCUT2D eigenvalue weighted by molar-refractivity contribution is 7.20. The molecule has 0 saturated heterocycles. The molecule has 2 aromatic rings. The van der Waals surface area contributed by atoms with E-state index in [9.17, 15) is 4.79 Å². The lowest BCUT2D eigenvalue weighted by atomic mass is 10.0. The van der Waals surface area contributed by atoms with E-state index >= 15 is 0 Å². The second kappa shape index (κ2) is 6.41. The van der Waals surface area contributed by atoms with Crippen molar-refractivity contribution in [3.05, 3.63) is 39.2 Å². The first-order valence-corrected chi connectivity index (χ1v) is 8.55. The molecule has 1 aromatic carbocycles. The van der Waals surface area contributed by atoms with Crippen molar-refractivity contribution in [1.29, 1.82) is 0 Å². The molecule has 22 heavy (non-hydrogen) atoms. The Balaban J connectivity index is 2.11. The summed E-state index contributed by atoms with van der Waals surface area (Å²) in [6.07, 6.45) is 4.38. The van der Waals surface area contributed by atoms with Gasteiger partial charge >= 0.3 is 5.97 Å². The zero-order valence-corrected chi connectivity index (χ0v) is 14.3. The average Bonchev–Trinajstić information content (AvgIpc) is 2.75. The molecule has 1 aliphatic heterocycles. The van der Waals surface area contributed by atoms with E-state index in [1.165, 1.54) is 22.6 Å². The molecule has 3 nitrogen and oxygen atoms in total. The SMILES string of the molecule is CCOC(=O)C=Cc1sc2c(Cl)ccc3c2c1CN(C)CC3. The first-order valence-electron chi connectivity index (χ1n) is 7.36. The van der Waals surface area contributed by atoms with Gasteiger partial charge in [-0.05, 0) is 43.7 Å². The highest BCUT2D eigenvalue weighted by atomic mass is 35.5. The van der Waals surface area contributed by atoms with Crippen LogP contribution in [0.5, 0.6) is 0 Å². The number of halogens is 1. The van der Waals surface area contributed by atoms with Crippen LogP contribution in [-0.2, 0) is 22.5 Å². The zero-order chi connectivity index (χ0) is 15.7. The van der Waals surface area contributed by atoms with Crippen molar-refractivity contribution in [3.8, 4) is 0 Å². The van der Waals surface area contributed by atoms with Crippen molar-refractivity contribution in [2.24, 2.45) is 0 Å². The molecule has 3 rings (SSSR count). The van der Waals surface area contributed by atoms with Crippen molar-refractivity contribution >= 4 is 45.1 Å². The summed E-state index contributed by atoms with van der Waals surface area (Å²) in [6.45, 7) is 4.09. The summed E-state index contributed by atoms with van der Waals surface area (Å²) in [6, 6.07) is 4.10. The van der Waals surface area contributed by atoms with Crippen LogP contribution in [0.1, 0.15) is 22.9 Å². The van der Waals surface area contributed by atoms with Crippen LogP contribution < -0.4 is 0 Å². The summed E-state index contributed by atoms with van der Waals surface area (Å²) in [5.41, 5.74) is 2.60. The molecule has 0 radical (unpaired) electrons. The van der Waals surface area contributed by atoms with Crippen molar-refractivity contribution in [2.45, 2.75) is 19.9 Å². The topological polar surface area (TPSA) is 29.5 Å². The summed E-state index contributed by atoms with van der Waals surface area (Å²) in [7, 11) is 2.12. The van der Waals surface area contributed by atoms with Crippen molar-refractivity contribution < 1.29 is 9.53 Å². The minimum Gasteiger partial charge on any atom is -0.463 e. The second-order valence-electron chi connectivity index (χ2n) is 5.43. The highest BCUT2D eigenvalue weighted by Gasteiger charge is 2.20. The number of esters is 1. The molecule has 5 heteroatoms. The molecule has 1 aromatic heterocycles. The third kappa shape index (κ3) is 2.91. The average molecular weight is 336 g/mol. The van der Waals surface area contributed by atoms with E-state index in [1.54, 1.807) is 18.3 Å². The lowest BCUT2D eigenvalue weighted by molar-refractivity contribution is -0.137. The van der Waals surface area contributed by atoms with Crippen LogP contribution in [0.25, 0.3) is 16.2 Å². The van der Waals surface area contributed by atoms with Gasteiger partial charge in [-0.2, -0.15) is 0 Å². The van der Waals surface area contributed by atoms with Gasteiger partial charge in [-0.1, -0.05) is 17.7 Å². The van der Waals surface area contributed by atoms with E-state index in [4.69, 9.17) is 16.3 Å². The Morgan fingerprint density at radius 3 is 3.09 bits per heavy atom. The Kier molecular flexibility index (Phi) is 4.52. The Labute approximate surface area is 139 Å². The second-order valence-corrected chi connectivity index (χ2v) is 6.89. The quantitative estimate of drug-likeness (QED) is 0.624. The van der Waals surface area contributed by atoms with E-state index in [-0.39, 0.29) is 5.97 Å². The molecule has 0 amide bonds. The molecule has 0 saturated carbocycles. The van der Waals surface area contributed by atoms with Gasteiger partial charge in [0.05, 0.1) is 16.3 Å². The van der Waals surface area contributed by atoms with Gasteiger partial charge in [0, 0.05) is 29.4 Å². The van der Waals surface area contributed by atoms with Crippen LogP contribution in [0.2, 0.25) is 5.02 Å². The van der Waals surface area contributed by atoms with Gasteiger partial charge in [0.2, 0.25) is 0 Å². The van der Waals surface area contributed by atoms with Gasteiger partial charge in [0.15, 0.2) is 0 Å². The lowest BCUT2D eigenvalue weighted by Crippen LogP contribution is -2.18. The van der Waals surface area contributed by atoms with E-state index in [0.717, 1.165) is 34.1 Å². The molecule has 0 spiro atoms. The molecule has 1 aliphatic rings. The molecule has 0 bridgehead atoms. The van der Waals surface area contributed by atoms with Crippen LogP contribution >= 0.6 is 22.9 Å². The molecule has 0 atom stereocenters. The predicted octanol–water partition coefficient (Wildman–Crippen LogP) is 4.12. The third-order valence-electron chi connectivity index (χ3n) is 3.86. The van der Waals surface area contributed by atoms with Crippen LogP contribution in [0, 0.1) is 0 Å². The first kappa shape index (κ1) is 15.5. The maximum absolute atomic E-state index is 11.6. The third-order valence-corrected chi connectivity index (χ3v) is 5.51. The summed E-state index contributed by atoms with van der Waals surface area (Å²) in [5.74, 6) is -0.305. The van der Waals surface area contributed by atoms with Crippen molar-refractivity contribution in [1.82, 2.24) is 4.90 Å². The number of ether oxygens (including phenoxy) is 1. The first-order chi connectivity index (χ1) is 10.6. The Morgan fingerprint density at radius 2 is 2.32 bits per heavy atom. The number of carbonyl (C=O) groups excluding carboxylic acids is 1. The maximum Gasteiger partial charge on any atom is 0.330 e. The van der Waals surface area contributed by atoms with Crippen molar-refractivity contribution in [3.63, 3.8) is 0 Å². The number of thiophene rings is 1. The van der Waals surface area contributed by atoms with Crippen LogP contribution in [-0.4, -0.2) is 31.1 Å². The summed E-state index contributed by atoms with van der Waals surface area (Å²) >= 11 is 8.03. The Hall–Kier alpha value is -1.36. The molecular formula is C17H18ClNO2S. The standard InChI is InChI=1S/C17H18ClNO2S/c1-3-21-15(20)7-6-14-12-10-19(2)9-8-11-4-5-13(18)17(22-14)16(11)12/h4-7H,3,8-10H2,1-2H3. The zero-order valence-electron chi connectivity index (χ0n) is 12.7. The largest absolute Gasteiger partial charge is 0.463 e. The molecule has 0 fully saturated rings.